The predicted molar refractivity (Wildman–Crippen MR) is 52.2 cm³/mol. The highest BCUT2D eigenvalue weighted by molar-refractivity contribution is 5.81. The number of hydrogen-bond acceptors (Lipinski definition) is 2. The van der Waals surface area contributed by atoms with Gasteiger partial charge in [0.1, 0.15) is 5.78 Å². The van der Waals surface area contributed by atoms with E-state index in [1.54, 1.807) is 0 Å². The second kappa shape index (κ2) is 5.31. The molecule has 1 unspecified atom stereocenters. The van der Waals surface area contributed by atoms with Crippen LogP contribution in [0.4, 0.5) is 0 Å². The van der Waals surface area contributed by atoms with Gasteiger partial charge in [-0.15, -0.1) is 0 Å². The maximum Gasteiger partial charge on any atom is 0.137 e. The van der Waals surface area contributed by atoms with Gasteiger partial charge < -0.3 is 4.90 Å². The molecule has 0 saturated carbocycles. The van der Waals surface area contributed by atoms with Crippen molar-refractivity contribution in [1.82, 2.24) is 4.90 Å². The van der Waals surface area contributed by atoms with Gasteiger partial charge in [0.05, 0.1) is 0 Å². The average molecular weight is 171 g/mol. The normalized spacial score (nSPS) is 13.9. The third-order valence-corrected chi connectivity index (χ3v) is 1.80. The first-order chi connectivity index (χ1) is 5.43. The Morgan fingerprint density at radius 3 is 2.08 bits per heavy atom. The van der Waals surface area contributed by atoms with Crippen LogP contribution in [-0.4, -0.2) is 31.3 Å². The van der Waals surface area contributed by atoms with E-state index < -0.39 is 0 Å². The third kappa shape index (κ3) is 5.30. The molecule has 0 amide bonds. The van der Waals surface area contributed by atoms with Crippen LogP contribution in [0.2, 0.25) is 0 Å². The highest BCUT2D eigenvalue weighted by Crippen LogP contribution is 2.08. The summed E-state index contributed by atoms with van der Waals surface area (Å²) < 4.78 is 0. The Morgan fingerprint density at radius 2 is 1.75 bits per heavy atom. The molecule has 0 spiro atoms. The van der Waals surface area contributed by atoms with Crippen LogP contribution < -0.4 is 0 Å². The molecule has 2 heteroatoms. The second-order valence-electron chi connectivity index (χ2n) is 4.23. The van der Waals surface area contributed by atoms with Gasteiger partial charge in [0.25, 0.3) is 0 Å². The zero-order chi connectivity index (χ0) is 9.72. The molecular weight excluding hydrogens is 150 g/mol. The number of rotatable bonds is 5. The summed E-state index contributed by atoms with van der Waals surface area (Å²) in [7, 11) is 4.00. The van der Waals surface area contributed by atoms with Crippen molar-refractivity contribution in [3.8, 4) is 0 Å². The highest BCUT2D eigenvalue weighted by atomic mass is 16.1. The van der Waals surface area contributed by atoms with E-state index in [0.717, 1.165) is 13.0 Å². The van der Waals surface area contributed by atoms with Crippen LogP contribution in [0.5, 0.6) is 0 Å². The smallest absolute Gasteiger partial charge is 0.137 e. The molecular formula is C10H21NO. The molecule has 0 N–H and O–H groups in total. The summed E-state index contributed by atoms with van der Waals surface area (Å²) in [4.78, 5) is 13.5. The van der Waals surface area contributed by atoms with Crippen LogP contribution in [0, 0.1) is 11.8 Å². The minimum atomic E-state index is 0.183. The van der Waals surface area contributed by atoms with E-state index in [-0.39, 0.29) is 5.92 Å². The van der Waals surface area contributed by atoms with Crippen molar-refractivity contribution >= 4 is 5.78 Å². The monoisotopic (exact) mass is 171 g/mol. The van der Waals surface area contributed by atoms with Gasteiger partial charge in [-0.05, 0) is 20.0 Å². The molecule has 0 saturated heterocycles. The van der Waals surface area contributed by atoms with E-state index in [1.165, 1.54) is 0 Å². The van der Waals surface area contributed by atoms with Gasteiger partial charge in [0, 0.05) is 18.9 Å². The molecule has 0 rings (SSSR count). The average Bonchev–Trinajstić information content (AvgIpc) is 1.84. The summed E-state index contributed by atoms with van der Waals surface area (Å²) >= 11 is 0. The molecule has 0 fully saturated rings. The van der Waals surface area contributed by atoms with Crippen molar-refractivity contribution in [2.75, 3.05) is 20.6 Å². The second-order valence-corrected chi connectivity index (χ2v) is 4.23. The Kier molecular flexibility index (Phi) is 5.14. The molecule has 0 aliphatic rings. The summed E-state index contributed by atoms with van der Waals surface area (Å²) in [5.74, 6) is 1.06. The minimum Gasteiger partial charge on any atom is -0.309 e. The summed E-state index contributed by atoms with van der Waals surface area (Å²) in [6.45, 7) is 7.04. The largest absolute Gasteiger partial charge is 0.309 e. The van der Waals surface area contributed by atoms with Crippen LogP contribution in [0.25, 0.3) is 0 Å². The van der Waals surface area contributed by atoms with Gasteiger partial charge in [0.2, 0.25) is 0 Å². The van der Waals surface area contributed by atoms with Gasteiger partial charge in [-0.1, -0.05) is 20.8 Å². The number of carbonyl (C=O) groups is 1. The summed E-state index contributed by atoms with van der Waals surface area (Å²) in [6.07, 6.45) is 0.717. The fraction of sp³-hybridized carbons (Fsp3) is 0.900. The third-order valence-electron chi connectivity index (χ3n) is 1.80. The Balaban J connectivity index is 3.77. The zero-order valence-electron chi connectivity index (χ0n) is 8.92. The van der Waals surface area contributed by atoms with E-state index >= 15 is 0 Å². The molecule has 0 aliphatic carbocycles. The van der Waals surface area contributed by atoms with Crippen molar-refractivity contribution in [3.63, 3.8) is 0 Å². The maximum atomic E-state index is 11.5. The van der Waals surface area contributed by atoms with Gasteiger partial charge in [-0.3, -0.25) is 4.79 Å². The number of carbonyl (C=O) groups excluding carboxylic acids is 1. The van der Waals surface area contributed by atoms with Crippen molar-refractivity contribution in [1.29, 1.82) is 0 Å². The Morgan fingerprint density at radius 1 is 1.25 bits per heavy atom. The molecule has 0 heterocycles. The molecule has 0 aromatic carbocycles. The number of nitrogens with zero attached hydrogens (tertiary/aromatic N) is 1. The number of hydrogen-bond donors (Lipinski definition) is 0. The lowest BCUT2D eigenvalue weighted by atomic mass is 9.97. The van der Waals surface area contributed by atoms with E-state index in [2.05, 4.69) is 18.7 Å². The first-order valence-corrected chi connectivity index (χ1v) is 4.61. The lowest BCUT2D eigenvalue weighted by molar-refractivity contribution is -0.123. The maximum absolute atomic E-state index is 11.5. The van der Waals surface area contributed by atoms with Gasteiger partial charge in [-0.2, -0.15) is 0 Å². The minimum absolute atomic E-state index is 0.183. The molecule has 2 nitrogen and oxygen atoms in total. The van der Waals surface area contributed by atoms with Gasteiger partial charge in [-0.25, -0.2) is 0 Å². The Labute approximate surface area is 75.9 Å². The van der Waals surface area contributed by atoms with E-state index in [4.69, 9.17) is 0 Å². The molecule has 0 aromatic heterocycles. The number of ketones is 1. The van der Waals surface area contributed by atoms with Crippen LogP contribution in [-0.2, 0) is 4.79 Å². The SMILES string of the molecule is CC(C)CC(=O)C(C)CN(C)C. The van der Waals surface area contributed by atoms with Crippen LogP contribution in [0.3, 0.4) is 0 Å². The number of Topliss-reactive ketones (excluding diaryl/α,β-unsaturated/α-hetero) is 1. The van der Waals surface area contributed by atoms with Crippen LogP contribution in [0.1, 0.15) is 27.2 Å². The predicted octanol–water partition coefficient (Wildman–Crippen LogP) is 1.80. The molecule has 1 atom stereocenters. The quantitative estimate of drug-likeness (QED) is 0.628. The van der Waals surface area contributed by atoms with Crippen molar-refractivity contribution in [2.24, 2.45) is 11.8 Å². The molecule has 0 bridgehead atoms. The van der Waals surface area contributed by atoms with Crippen LogP contribution >= 0.6 is 0 Å². The molecule has 0 radical (unpaired) electrons. The van der Waals surface area contributed by atoms with Crippen molar-refractivity contribution in [2.45, 2.75) is 27.2 Å². The zero-order valence-corrected chi connectivity index (χ0v) is 8.92. The summed E-state index contributed by atoms with van der Waals surface area (Å²) in [5, 5.41) is 0. The fourth-order valence-electron chi connectivity index (χ4n) is 1.25. The fourth-order valence-corrected chi connectivity index (χ4v) is 1.25. The topological polar surface area (TPSA) is 20.3 Å². The van der Waals surface area contributed by atoms with E-state index in [0.29, 0.717) is 11.7 Å². The van der Waals surface area contributed by atoms with Crippen LogP contribution in [0.15, 0.2) is 0 Å². The first-order valence-electron chi connectivity index (χ1n) is 4.61. The molecule has 0 aliphatic heterocycles. The Bertz CT molecular complexity index is 141. The summed E-state index contributed by atoms with van der Waals surface area (Å²) in [5.41, 5.74) is 0. The lowest BCUT2D eigenvalue weighted by Crippen LogP contribution is -2.26. The summed E-state index contributed by atoms with van der Waals surface area (Å²) in [6, 6.07) is 0. The lowest BCUT2D eigenvalue weighted by Gasteiger charge is -2.16. The van der Waals surface area contributed by atoms with Gasteiger partial charge in [0.15, 0.2) is 0 Å². The van der Waals surface area contributed by atoms with Gasteiger partial charge >= 0.3 is 0 Å². The van der Waals surface area contributed by atoms with E-state index in [1.807, 2.05) is 21.0 Å². The first kappa shape index (κ1) is 11.6. The van der Waals surface area contributed by atoms with Crippen molar-refractivity contribution in [3.05, 3.63) is 0 Å². The van der Waals surface area contributed by atoms with E-state index in [9.17, 15) is 4.79 Å². The highest BCUT2D eigenvalue weighted by Gasteiger charge is 2.14. The standard InChI is InChI=1S/C10H21NO/c1-8(2)6-10(12)9(3)7-11(4)5/h8-9H,6-7H2,1-5H3. The molecule has 12 heavy (non-hydrogen) atoms. The van der Waals surface area contributed by atoms with Crippen molar-refractivity contribution < 1.29 is 4.79 Å². The molecule has 0 aromatic rings. The molecule has 72 valence electrons. The Hall–Kier alpha value is -0.370.